The topological polar surface area (TPSA) is 34.1 Å². The molecule has 3 rings (SSSR count). The second-order valence-electron chi connectivity index (χ2n) is 4.85. The Morgan fingerprint density at radius 1 is 0.591 bits per heavy atom. The van der Waals surface area contributed by atoms with E-state index < -0.39 is 9.84 Å². The lowest BCUT2D eigenvalue weighted by molar-refractivity contribution is 0.596. The predicted molar refractivity (Wildman–Crippen MR) is 88.8 cm³/mol. The Bertz CT molecular complexity index is 869. The van der Waals surface area contributed by atoms with Crippen molar-refractivity contribution in [2.45, 2.75) is 9.79 Å². The Kier molecular flexibility index (Phi) is 4.01. The molecule has 0 N–H and O–H groups in total. The molecule has 0 radical (unpaired) electrons. The summed E-state index contributed by atoms with van der Waals surface area (Å²) in [5, 5.41) is 0.673. The first-order valence-corrected chi connectivity index (χ1v) is 8.60. The van der Waals surface area contributed by atoms with Crippen LogP contribution in [0, 0.1) is 0 Å². The maximum Gasteiger partial charge on any atom is 0.206 e. The van der Waals surface area contributed by atoms with Gasteiger partial charge in [0.1, 0.15) is 0 Å². The molecule has 0 heterocycles. The standard InChI is InChI=1S/C18H13ClO2S/c19-16-10-6-14(7-11-16)15-8-12-18(13-9-15)22(20,21)17-4-2-1-3-5-17/h1-13H. The van der Waals surface area contributed by atoms with Crippen LogP contribution in [0.25, 0.3) is 11.1 Å². The molecule has 0 aliphatic heterocycles. The third kappa shape index (κ3) is 2.91. The Hall–Kier alpha value is -2.10. The normalized spacial score (nSPS) is 11.3. The largest absolute Gasteiger partial charge is 0.219 e. The molecule has 0 fully saturated rings. The van der Waals surface area contributed by atoms with E-state index in [9.17, 15) is 8.42 Å². The Balaban J connectivity index is 1.96. The number of rotatable bonds is 3. The monoisotopic (exact) mass is 328 g/mol. The summed E-state index contributed by atoms with van der Waals surface area (Å²) in [6.45, 7) is 0. The van der Waals surface area contributed by atoms with Crippen LogP contribution in [-0.2, 0) is 9.84 Å². The van der Waals surface area contributed by atoms with Gasteiger partial charge >= 0.3 is 0 Å². The maximum absolute atomic E-state index is 12.5. The minimum absolute atomic E-state index is 0.288. The van der Waals surface area contributed by atoms with Crippen molar-refractivity contribution in [3.63, 3.8) is 0 Å². The summed E-state index contributed by atoms with van der Waals surface area (Å²) in [5.74, 6) is 0. The van der Waals surface area contributed by atoms with Crippen molar-refractivity contribution < 1.29 is 8.42 Å². The fourth-order valence-electron chi connectivity index (χ4n) is 2.20. The SMILES string of the molecule is O=S(=O)(c1ccccc1)c1ccc(-c2ccc(Cl)cc2)cc1. The number of halogens is 1. The zero-order chi connectivity index (χ0) is 15.6. The molecule has 3 aromatic rings. The minimum Gasteiger partial charge on any atom is -0.219 e. The predicted octanol–water partition coefficient (Wildman–Crippen LogP) is 4.84. The number of benzene rings is 3. The van der Waals surface area contributed by atoms with Crippen LogP contribution in [0.15, 0.2) is 88.7 Å². The molecule has 0 spiro atoms. The number of hydrogen-bond acceptors (Lipinski definition) is 2. The first-order valence-electron chi connectivity index (χ1n) is 6.73. The van der Waals surface area contributed by atoms with Crippen molar-refractivity contribution >= 4 is 21.4 Å². The fourth-order valence-corrected chi connectivity index (χ4v) is 3.61. The van der Waals surface area contributed by atoms with Crippen LogP contribution < -0.4 is 0 Å². The van der Waals surface area contributed by atoms with E-state index in [1.165, 1.54) is 0 Å². The van der Waals surface area contributed by atoms with Crippen LogP contribution in [0.1, 0.15) is 0 Å². The van der Waals surface area contributed by atoms with Crippen molar-refractivity contribution in [2.24, 2.45) is 0 Å². The van der Waals surface area contributed by atoms with E-state index in [0.717, 1.165) is 11.1 Å². The van der Waals surface area contributed by atoms with Crippen LogP contribution >= 0.6 is 11.6 Å². The molecule has 0 amide bonds. The molecule has 0 atom stereocenters. The molecule has 0 unspecified atom stereocenters. The average Bonchev–Trinajstić information content (AvgIpc) is 2.56. The lowest BCUT2D eigenvalue weighted by Crippen LogP contribution is -2.01. The van der Waals surface area contributed by atoms with Crippen LogP contribution in [0.5, 0.6) is 0 Å². The van der Waals surface area contributed by atoms with Gasteiger partial charge in [0.25, 0.3) is 0 Å². The molecule has 0 saturated heterocycles. The van der Waals surface area contributed by atoms with E-state index in [1.807, 2.05) is 24.3 Å². The quantitative estimate of drug-likeness (QED) is 0.689. The average molecular weight is 329 g/mol. The molecule has 110 valence electrons. The van der Waals surface area contributed by atoms with Gasteiger partial charge in [-0.15, -0.1) is 0 Å². The van der Waals surface area contributed by atoms with Gasteiger partial charge in [0, 0.05) is 5.02 Å². The Morgan fingerprint density at radius 3 is 1.59 bits per heavy atom. The van der Waals surface area contributed by atoms with E-state index in [-0.39, 0.29) is 4.90 Å². The smallest absolute Gasteiger partial charge is 0.206 e. The van der Waals surface area contributed by atoms with Gasteiger partial charge in [0.2, 0.25) is 9.84 Å². The van der Waals surface area contributed by atoms with E-state index >= 15 is 0 Å². The van der Waals surface area contributed by atoms with E-state index in [1.54, 1.807) is 54.6 Å². The third-order valence-corrected chi connectivity index (χ3v) is 5.43. The fraction of sp³-hybridized carbons (Fsp3) is 0. The molecule has 0 bridgehead atoms. The van der Waals surface area contributed by atoms with Gasteiger partial charge in [-0.25, -0.2) is 8.42 Å². The molecule has 0 saturated carbocycles. The highest BCUT2D eigenvalue weighted by Gasteiger charge is 2.16. The summed E-state index contributed by atoms with van der Waals surface area (Å²) in [7, 11) is -3.47. The molecular formula is C18H13ClO2S. The van der Waals surface area contributed by atoms with Gasteiger partial charge in [-0.3, -0.25) is 0 Å². The van der Waals surface area contributed by atoms with Crippen LogP contribution in [0.3, 0.4) is 0 Å². The zero-order valence-corrected chi connectivity index (χ0v) is 13.2. The summed E-state index contributed by atoms with van der Waals surface area (Å²) in [4.78, 5) is 0.589. The van der Waals surface area contributed by atoms with Crippen LogP contribution in [0.2, 0.25) is 5.02 Å². The molecule has 3 aromatic carbocycles. The highest BCUT2D eigenvalue weighted by Crippen LogP contribution is 2.25. The maximum atomic E-state index is 12.5. The van der Waals surface area contributed by atoms with E-state index in [4.69, 9.17) is 11.6 Å². The molecule has 0 aliphatic rings. The third-order valence-electron chi connectivity index (χ3n) is 3.40. The van der Waals surface area contributed by atoms with Crippen molar-refractivity contribution in [1.29, 1.82) is 0 Å². The van der Waals surface area contributed by atoms with Gasteiger partial charge in [0.15, 0.2) is 0 Å². The highest BCUT2D eigenvalue weighted by atomic mass is 35.5. The summed E-state index contributed by atoms with van der Waals surface area (Å²) in [6, 6.07) is 22.7. The summed E-state index contributed by atoms with van der Waals surface area (Å²) in [5.41, 5.74) is 1.94. The van der Waals surface area contributed by atoms with Crippen molar-refractivity contribution in [3.8, 4) is 11.1 Å². The van der Waals surface area contributed by atoms with E-state index in [2.05, 4.69) is 0 Å². The lowest BCUT2D eigenvalue weighted by atomic mass is 10.1. The minimum atomic E-state index is -3.47. The van der Waals surface area contributed by atoms with Crippen molar-refractivity contribution in [1.82, 2.24) is 0 Å². The zero-order valence-electron chi connectivity index (χ0n) is 11.6. The Labute approximate surface area is 134 Å². The number of hydrogen-bond donors (Lipinski definition) is 0. The van der Waals surface area contributed by atoms with Gasteiger partial charge < -0.3 is 0 Å². The number of sulfone groups is 1. The molecule has 22 heavy (non-hydrogen) atoms. The highest BCUT2D eigenvalue weighted by molar-refractivity contribution is 7.91. The first-order chi connectivity index (χ1) is 10.6. The summed E-state index contributed by atoms with van der Waals surface area (Å²) >= 11 is 5.87. The van der Waals surface area contributed by atoms with E-state index in [0.29, 0.717) is 9.92 Å². The second kappa shape index (κ2) is 5.95. The van der Waals surface area contributed by atoms with Gasteiger partial charge in [-0.1, -0.05) is 54.1 Å². The van der Waals surface area contributed by atoms with Gasteiger partial charge in [-0.05, 0) is 47.5 Å². The molecule has 0 aliphatic carbocycles. The molecular weight excluding hydrogens is 316 g/mol. The lowest BCUT2D eigenvalue weighted by Gasteiger charge is -2.06. The first kappa shape index (κ1) is 14.8. The van der Waals surface area contributed by atoms with Crippen molar-refractivity contribution in [2.75, 3.05) is 0 Å². The summed E-state index contributed by atoms with van der Waals surface area (Å²) < 4.78 is 25.0. The van der Waals surface area contributed by atoms with Crippen LogP contribution in [-0.4, -0.2) is 8.42 Å². The summed E-state index contributed by atoms with van der Waals surface area (Å²) in [6.07, 6.45) is 0. The molecule has 4 heteroatoms. The van der Waals surface area contributed by atoms with Gasteiger partial charge in [0.05, 0.1) is 9.79 Å². The van der Waals surface area contributed by atoms with Crippen molar-refractivity contribution in [3.05, 3.63) is 83.9 Å². The molecule has 0 aromatic heterocycles. The second-order valence-corrected chi connectivity index (χ2v) is 7.23. The van der Waals surface area contributed by atoms with Gasteiger partial charge in [-0.2, -0.15) is 0 Å². The molecule has 2 nitrogen and oxygen atoms in total. The Morgan fingerprint density at radius 2 is 1.05 bits per heavy atom. The van der Waals surface area contributed by atoms with Crippen LogP contribution in [0.4, 0.5) is 0 Å².